The van der Waals surface area contributed by atoms with Crippen molar-refractivity contribution in [3.05, 3.63) is 29.8 Å². The van der Waals surface area contributed by atoms with Gasteiger partial charge in [0, 0.05) is 12.5 Å². The number of rotatable bonds is 3. The van der Waals surface area contributed by atoms with Crippen molar-refractivity contribution < 1.29 is 14.3 Å². The number of halogens is 1. The van der Waals surface area contributed by atoms with E-state index in [1.54, 1.807) is 7.11 Å². The maximum atomic E-state index is 10.7. The van der Waals surface area contributed by atoms with Gasteiger partial charge in [-0.25, -0.2) is 0 Å². The molecule has 1 aromatic carbocycles. The second kappa shape index (κ2) is 5.00. The molecule has 0 spiro atoms. The lowest BCUT2D eigenvalue weighted by atomic mass is 10.2. The number of methoxy groups -OCH3 is 1. The third-order valence-corrected chi connectivity index (χ3v) is 2.34. The van der Waals surface area contributed by atoms with Crippen LogP contribution in [0.4, 0.5) is 0 Å². The van der Waals surface area contributed by atoms with E-state index in [4.69, 9.17) is 9.47 Å². The summed E-state index contributed by atoms with van der Waals surface area (Å²) in [6.45, 7) is 1.37. The minimum atomic E-state index is -0.421. The molecule has 0 aliphatic carbocycles. The number of alkyl halides is 1. The van der Waals surface area contributed by atoms with E-state index < -0.39 is 5.01 Å². The van der Waals surface area contributed by atoms with E-state index in [0.717, 1.165) is 11.3 Å². The molecule has 0 aromatic heterocycles. The van der Waals surface area contributed by atoms with Crippen LogP contribution in [-0.2, 0) is 9.53 Å². The smallest absolute Gasteiger partial charge is 0.304 e. The molecule has 1 unspecified atom stereocenters. The van der Waals surface area contributed by atoms with Crippen molar-refractivity contribution in [2.24, 2.45) is 0 Å². The number of hydrogen-bond acceptors (Lipinski definition) is 3. The fourth-order valence-corrected chi connectivity index (χ4v) is 1.54. The first-order valence-electron chi connectivity index (χ1n) is 4.08. The molecular formula is C10H11BrO3. The van der Waals surface area contributed by atoms with Crippen LogP contribution in [0.3, 0.4) is 0 Å². The average molecular weight is 259 g/mol. The maximum absolute atomic E-state index is 10.7. The van der Waals surface area contributed by atoms with Gasteiger partial charge in [-0.05, 0) is 28.1 Å². The SMILES string of the molecule is COc1cccc(C(Br)OC(C)=O)c1. The standard InChI is InChI=1S/C10H11BrO3/c1-7(12)14-10(11)8-4-3-5-9(6-8)13-2/h3-6,10H,1-2H3. The monoisotopic (exact) mass is 258 g/mol. The Morgan fingerprint density at radius 3 is 2.79 bits per heavy atom. The molecule has 4 heteroatoms. The molecule has 0 radical (unpaired) electrons. The highest BCUT2D eigenvalue weighted by Crippen LogP contribution is 2.26. The zero-order valence-electron chi connectivity index (χ0n) is 7.99. The Morgan fingerprint density at radius 2 is 2.21 bits per heavy atom. The molecule has 0 amide bonds. The number of benzene rings is 1. The zero-order chi connectivity index (χ0) is 10.6. The van der Waals surface area contributed by atoms with E-state index >= 15 is 0 Å². The van der Waals surface area contributed by atoms with Gasteiger partial charge in [0.15, 0.2) is 5.01 Å². The fraction of sp³-hybridized carbons (Fsp3) is 0.300. The summed E-state index contributed by atoms with van der Waals surface area (Å²) in [6.07, 6.45) is 0. The highest BCUT2D eigenvalue weighted by atomic mass is 79.9. The van der Waals surface area contributed by atoms with Gasteiger partial charge in [0.05, 0.1) is 7.11 Å². The molecule has 14 heavy (non-hydrogen) atoms. The third kappa shape index (κ3) is 3.03. The third-order valence-electron chi connectivity index (χ3n) is 1.63. The van der Waals surface area contributed by atoms with Gasteiger partial charge in [-0.1, -0.05) is 12.1 Å². The summed E-state index contributed by atoms with van der Waals surface area (Å²) in [5.41, 5.74) is 0.847. The highest BCUT2D eigenvalue weighted by Gasteiger charge is 2.10. The first kappa shape index (κ1) is 11.0. The minimum absolute atomic E-state index is 0.324. The lowest BCUT2D eigenvalue weighted by Gasteiger charge is -2.11. The molecular weight excluding hydrogens is 248 g/mol. The van der Waals surface area contributed by atoms with Gasteiger partial charge in [0.25, 0.3) is 0 Å². The molecule has 1 rings (SSSR count). The van der Waals surface area contributed by atoms with Crippen LogP contribution in [0.5, 0.6) is 5.75 Å². The van der Waals surface area contributed by atoms with Crippen molar-refractivity contribution in [2.45, 2.75) is 11.9 Å². The molecule has 1 aromatic rings. The topological polar surface area (TPSA) is 35.5 Å². The Balaban J connectivity index is 2.78. The van der Waals surface area contributed by atoms with Crippen LogP contribution in [0.2, 0.25) is 0 Å². The van der Waals surface area contributed by atoms with Gasteiger partial charge in [0.1, 0.15) is 5.75 Å². The molecule has 3 nitrogen and oxygen atoms in total. The molecule has 0 heterocycles. The summed E-state index contributed by atoms with van der Waals surface area (Å²) in [5.74, 6) is 0.411. The summed E-state index contributed by atoms with van der Waals surface area (Å²) in [6, 6.07) is 7.33. The maximum Gasteiger partial charge on any atom is 0.304 e. The van der Waals surface area contributed by atoms with Crippen molar-refractivity contribution in [3.63, 3.8) is 0 Å². The Morgan fingerprint density at radius 1 is 1.50 bits per heavy atom. The van der Waals surface area contributed by atoms with Gasteiger partial charge < -0.3 is 9.47 Å². The van der Waals surface area contributed by atoms with Gasteiger partial charge in [-0.2, -0.15) is 0 Å². The molecule has 1 atom stereocenters. The lowest BCUT2D eigenvalue weighted by molar-refractivity contribution is -0.142. The van der Waals surface area contributed by atoms with E-state index in [1.807, 2.05) is 24.3 Å². The number of hydrogen-bond donors (Lipinski definition) is 0. The van der Waals surface area contributed by atoms with Crippen LogP contribution < -0.4 is 4.74 Å². The number of carbonyl (C=O) groups is 1. The van der Waals surface area contributed by atoms with E-state index in [-0.39, 0.29) is 5.97 Å². The first-order chi connectivity index (χ1) is 6.63. The van der Waals surface area contributed by atoms with Gasteiger partial charge in [0.2, 0.25) is 0 Å². The molecule has 0 aliphatic heterocycles. The zero-order valence-corrected chi connectivity index (χ0v) is 9.58. The van der Waals surface area contributed by atoms with Crippen molar-refractivity contribution >= 4 is 21.9 Å². The molecule has 0 saturated carbocycles. The highest BCUT2D eigenvalue weighted by molar-refractivity contribution is 9.09. The van der Waals surface area contributed by atoms with Gasteiger partial charge in [-0.15, -0.1) is 0 Å². The van der Waals surface area contributed by atoms with E-state index in [2.05, 4.69) is 15.9 Å². The predicted molar refractivity (Wildman–Crippen MR) is 56.4 cm³/mol. The minimum Gasteiger partial charge on any atom is -0.497 e. The summed E-state index contributed by atoms with van der Waals surface area (Å²) >= 11 is 3.25. The van der Waals surface area contributed by atoms with Crippen molar-refractivity contribution in [1.29, 1.82) is 0 Å². The lowest BCUT2D eigenvalue weighted by Crippen LogP contribution is -2.02. The Bertz CT molecular complexity index is 325. The van der Waals surface area contributed by atoms with Crippen LogP contribution in [0.1, 0.15) is 17.5 Å². The van der Waals surface area contributed by atoms with Crippen molar-refractivity contribution in [1.82, 2.24) is 0 Å². The molecule has 0 N–H and O–H groups in total. The van der Waals surface area contributed by atoms with Crippen LogP contribution >= 0.6 is 15.9 Å². The van der Waals surface area contributed by atoms with Crippen LogP contribution in [0.25, 0.3) is 0 Å². The van der Waals surface area contributed by atoms with Crippen LogP contribution in [0, 0.1) is 0 Å². The summed E-state index contributed by atoms with van der Waals surface area (Å²) in [5, 5.41) is -0.421. The van der Waals surface area contributed by atoms with Crippen molar-refractivity contribution in [2.75, 3.05) is 7.11 Å². The Labute approximate surface area is 91.1 Å². The van der Waals surface area contributed by atoms with E-state index in [1.165, 1.54) is 6.92 Å². The largest absolute Gasteiger partial charge is 0.497 e. The molecule has 76 valence electrons. The average Bonchev–Trinajstić information content (AvgIpc) is 2.17. The normalized spacial score (nSPS) is 11.9. The van der Waals surface area contributed by atoms with Crippen LogP contribution in [-0.4, -0.2) is 13.1 Å². The van der Waals surface area contributed by atoms with Gasteiger partial charge >= 0.3 is 5.97 Å². The van der Waals surface area contributed by atoms with E-state index in [0.29, 0.717) is 0 Å². The fourth-order valence-electron chi connectivity index (χ4n) is 0.996. The first-order valence-corrected chi connectivity index (χ1v) is 5.00. The summed E-state index contributed by atoms with van der Waals surface area (Å²) < 4.78 is 10.0. The molecule has 0 fully saturated rings. The number of esters is 1. The summed E-state index contributed by atoms with van der Waals surface area (Å²) in [4.78, 5) is 10.7. The quantitative estimate of drug-likeness (QED) is 0.618. The van der Waals surface area contributed by atoms with E-state index in [9.17, 15) is 4.79 Å². The predicted octanol–water partition coefficient (Wildman–Crippen LogP) is 2.65. The number of ether oxygens (including phenoxy) is 2. The molecule has 0 bridgehead atoms. The number of carbonyl (C=O) groups excluding carboxylic acids is 1. The van der Waals surface area contributed by atoms with Gasteiger partial charge in [-0.3, -0.25) is 4.79 Å². The molecule has 0 aliphatic rings. The second-order valence-electron chi connectivity index (χ2n) is 2.70. The van der Waals surface area contributed by atoms with Crippen molar-refractivity contribution in [3.8, 4) is 5.75 Å². The Hall–Kier alpha value is -1.03. The second-order valence-corrected chi connectivity index (χ2v) is 3.53. The Kier molecular flexibility index (Phi) is 3.95. The molecule has 0 saturated heterocycles. The summed E-state index contributed by atoms with van der Waals surface area (Å²) in [7, 11) is 1.59. The van der Waals surface area contributed by atoms with Crippen LogP contribution in [0.15, 0.2) is 24.3 Å².